The van der Waals surface area contributed by atoms with E-state index in [9.17, 15) is 115 Å². The molecule has 0 radical (unpaired) electrons. The molecule has 6 aliphatic rings. The number of amides is 1. The SMILES string of the molecule is CC=NOCC(=O)CNC(=O)CO[C@@H]1OC(CO[C@H]2OC(CO[C@H]3OC(CO)[C@@H](O)[C@H](O)C3O[C@H]3OC(COP(=O)(O)O)[C@@H](O)[C@H](O)C3O)[C@@H](O)[C@H](O)C2O)[C@@H](O)[C@H](O[C@H]2OC(CO)[C@@H](O)[C@H](O)C2O[C@H]2OC(COP(=O)(O)O)[C@@H](O)[C@H](O)C2O)C1O. The summed E-state index contributed by atoms with van der Waals surface area (Å²) in [6, 6.07) is 0. The van der Waals surface area contributed by atoms with Crippen molar-refractivity contribution in [2.45, 2.75) is 191 Å². The van der Waals surface area contributed by atoms with Crippen molar-refractivity contribution in [3.8, 4) is 0 Å². The second-order valence-electron chi connectivity index (χ2n) is 20.3. The molecule has 0 aromatic heterocycles. The van der Waals surface area contributed by atoms with Crippen LogP contribution in [0.25, 0.3) is 0 Å². The number of oxime groups is 1. The maximum Gasteiger partial charge on any atom is 0.469 e. The molecule has 0 aromatic carbocycles. The number of nitrogens with one attached hydrogen (secondary N) is 1. The van der Waals surface area contributed by atoms with Crippen LogP contribution in [0.1, 0.15) is 6.92 Å². The summed E-state index contributed by atoms with van der Waals surface area (Å²) in [5.74, 6) is -1.71. The van der Waals surface area contributed by atoms with Gasteiger partial charge in [-0.3, -0.25) is 18.6 Å². The molecule has 1 amide bonds. The summed E-state index contributed by atoms with van der Waals surface area (Å²) in [6.07, 6.45) is -61.6. The normalized spacial score (nSPS) is 44.2. The van der Waals surface area contributed by atoms with E-state index in [0.717, 1.165) is 0 Å². The van der Waals surface area contributed by atoms with Gasteiger partial charge in [0.05, 0.1) is 46.2 Å². The largest absolute Gasteiger partial charge is 0.469 e. The fraction of sp³-hybridized carbons (Fsp3) is 0.930. The molecular weight excluding hydrogens is 1250 g/mol. The fourth-order valence-electron chi connectivity index (χ4n) is 9.34. The van der Waals surface area contributed by atoms with Gasteiger partial charge in [0.15, 0.2) is 50.1 Å². The fourth-order valence-corrected chi connectivity index (χ4v) is 10.0. The summed E-state index contributed by atoms with van der Waals surface area (Å²) in [5.41, 5.74) is 0. The first kappa shape index (κ1) is 73.7. The average molecular weight is 1320 g/mol. The summed E-state index contributed by atoms with van der Waals surface area (Å²) in [6.45, 7) is -7.09. The van der Waals surface area contributed by atoms with E-state index in [1.165, 1.54) is 13.1 Å². The Morgan fingerprint density at radius 2 is 0.793 bits per heavy atom. The minimum Gasteiger partial charge on any atom is -0.394 e. The van der Waals surface area contributed by atoms with Gasteiger partial charge in [-0.05, 0) is 6.92 Å². The molecule has 6 rings (SSSR count). The molecule has 506 valence electrons. The van der Waals surface area contributed by atoms with Crippen LogP contribution in [0.4, 0.5) is 0 Å². The molecule has 22 N–H and O–H groups in total. The van der Waals surface area contributed by atoms with Crippen LogP contribution < -0.4 is 5.32 Å². The van der Waals surface area contributed by atoms with Crippen molar-refractivity contribution in [1.29, 1.82) is 0 Å². The van der Waals surface area contributed by atoms with Crippen molar-refractivity contribution in [2.24, 2.45) is 5.16 Å². The molecule has 0 bridgehead atoms. The summed E-state index contributed by atoms with van der Waals surface area (Å²) in [4.78, 5) is 66.5. The highest BCUT2D eigenvalue weighted by atomic mass is 31.2. The lowest BCUT2D eigenvalue weighted by molar-refractivity contribution is -0.390. The lowest BCUT2D eigenvalue weighted by atomic mass is 9.96. The number of aliphatic hydroxyl groups excluding tert-OH is 17. The Bertz CT molecular complexity index is 2280. The molecule has 12 unspecified atom stereocenters. The second kappa shape index (κ2) is 32.5. The van der Waals surface area contributed by atoms with E-state index in [-0.39, 0.29) is 0 Å². The summed E-state index contributed by atoms with van der Waals surface area (Å²) in [5, 5.41) is 190. The van der Waals surface area contributed by atoms with Crippen LogP contribution in [0.3, 0.4) is 0 Å². The molecular formula is C43H74N2O40P2. The van der Waals surface area contributed by atoms with Crippen LogP contribution in [0.5, 0.6) is 0 Å². The average Bonchev–Trinajstić information content (AvgIpc) is 0.898. The van der Waals surface area contributed by atoms with Gasteiger partial charge < -0.3 is 173 Å². The number of carbonyl (C=O) groups is 2. The molecule has 6 saturated heterocycles. The van der Waals surface area contributed by atoms with Crippen LogP contribution in [-0.4, -0.2) is 368 Å². The predicted molar refractivity (Wildman–Crippen MR) is 263 cm³/mol. The van der Waals surface area contributed by atoms with Gasteiger partial charge in [0.2, 0.25) is 5.91 Å². The van der Waals surface area contributed by atoms with E-state index in [0.29, 0.717) is 0 Å². The van der Waals surface area contributed by atoms with E-state index in [4.69, 9.17) is 71.5 Å². The topological polar surface area (TPSA) is 656 Å². The summed E-state index contributed by atoms with van der Waals surface area (Å²) >= 11 is 0. The number of ether oxygens (including phenoxy) is 12. The molecule has 0 aliphatic carbocycles. The zero-order valence-corrected chi connectivity index (χ0v) is 47.0. The molecule has 87 heavy (non-hydrogen) atoms. The predicted octanol–water partition coefficient (Wildman–Crippen LogP) is -14.1. The number of phosphoric ester groups is 2. The van der Waals surface area contributed by atoms with Crippen molar-refractivity contribution in [2.75, 3.05) is 59.4 Å². The molecule has 0 saturated carbocycles. The van der Waals surface area contributed by atoms with Gasteiger partial charge >= 0.3 is 15.6 Å². The zero-order chi connectivity index (χ0) is 64.6. The van der Waals surface area contributed by atoms with Gasteiger partial charge in [-0.15, -0.1) is 0 Å². The lowest BCUT2D eigenvalue weighted by Gasteiger charge is -2.48. The Labute approximate surface area is 489 Å². The van der Waals surface area contributed by atoms with Crippen LogP contribution in [0, 0.1) is 0 Å². The van der Waals surface area contributed by atoms with Crippen molar-refractivity contribution >= 4 is 33.6 Å². The van der Waals surface area contributed by atoms with E-state index in [1.54, 1.807) is 0 Å². The molecule has 30 atom stereocenters. The quantitative estimate of drug-likeness (QED) is 0.0196. The van der Waals surface area contributed by atoms with Gasteiger partial charge in [-0.2, -0.15) is 0 Å². The maximum absolute atomic E-state index is 12.9. The molecule has 0 aromatic rings. The Hall–Kier alpha value is -2.33. The Morgan fingerprint density at radius 1 is 0.425 bits per heavy atom. The first-order chi connectivity index (χ1) is 40.8. The highest BCUT2D eigenvalue weighted by Gasteiger charge is 2.57. The third-order valence-electron chi connectivity index (χ3n) is 14.1. The molecule has 0 spiro atoms. The maximum atomic E-state index is 12.9. The number of hydrogen-bond acceptors (Lipinski definition) is 37. The number of nitrogens with zero attached hydrogens (tertiary/aromatic N) is 1. The number of phosphoric acid groups is 2. The van der Waals surface area contributed by atoms with E-state index >= 15 is 0 Å². The number of ketones is 1. The van der Waals surface area contributed by atoms with Crippen LogP contribution >= 0.6 is 15.6 Å². The number of carbonyl (C=O) groups excluding carboxylic acids is 2. The van der Waals surface area contributed by atoms with Gasteiger partial charge in [0.25, 0.3) is 0 Å². The third-order valence-corrected chi connectivity index (χ3v) is 15.1. The van der Waals surface area contributed by atoms with Crippen molar-refractivity contribution in [3.05, 3.63) is 0 Å². The van der Waals surface area contributed by atoms with Crippen molar-refractivity contribution in [1.82, 2.24) is 5.32 Å². The van der Waals surface area contributed by atoms with E-state index in [1.807, 2.05) is 0 Å². The van der Waals surface area contributed by atoms with Gasteiger partial charge in [-0.1, -0.05) is 5.16 Å². The Balaban J connectivity index is 1.21. The smallest absolute Gasteiger partial charge is 0.394 e. The Morgan fingerprint density at radius 3 is 1.25 bits per heavy atom. The van der Waals surface area contributed by atoms with Gasteiger partial charge in [0, 0.05) is 6.21 Å². The van der Waals surface area contributed by atoms with Gasteiger partial charge in [-0.25, -0.2) is 9.13 Å². The number of rotatable bonds is 28. The monoisotopic (exact) mass is 1320 g/mol. The summed E-state index contributed by atoms with van der Waals surface area (Å²) in [7, 11) is -10.5. The van der Waals surface area contributed by atoms with Crippen molar-refractivity contribution < 1.29 is 196 Å². The Kier molecular flexibility index (Phi) is 27.5. The van der Waals surface area contributed by atoms with E-state index < -0.39 is 271 Å². The molecule has 44 heteroatoms. The number of aliphatic hydroxyl groups is 17. The molecule has 6 fully saturated rings. The first-order valence-electron chi connectivity index (χ1n) is 26.3. The standard InChI is InChI=1S/C43H74N2O40P2/c1-2-45-74-6-12(48)3-44-19(49)11-73-39-34(64)35(83-43-37(30(60)21(51)14(5-47)78-43)85-41-33(63)28(58)24(54)18(82-41)10-76-87(68,69)70)25(55)16(80-39)8-71-38-31(61)26(56)22(52)15(79-38)7-72-42-36(29(59)20(50)13(4-46)77-42)84-40-32(62)27(57)23(53)17(81-40)9-75-86(65,66)67/h2,13-18,20-43,46-47,50-64H,3-11H2,1H3,(H,44,49)(H2,65,66,67)(H2,68,69,70)/t13?,14?,15?,16?,17?,18?,20-,21-,22-,23-,24-,25-,26+,27+,28+,29+,30+,31?,32?,33?,34?,35+,36?,37?,38+,39-,40-,41-,42+,43-/m1/s1. The number of hydrogen-bond donors (Lipinski definition) is 22. The van der Waals surface area contributed by atoms with Crippen LogP contribution in [-0.2, 0) is 89.4 Å². The van der Waals surface area contributed by atoms with E-state index in [2.05, 4.69) is 19.5 Å². The van der Waals surface area contributed by atoms with Crippen LogP contribution in [0.15, 0.2) is 5.16 Å². The third kappa shape index (κ3) is 19.2. The minimum atomic E-state index is -5.25. The second-order valence-corrected chi connectivity index (χ2v) is 22.8. The van der Waals surface area contributed by atoms with Crippen LogP contribution in [0.2, 0.25) is 0 Å². The highest BCUT2D eigenvalue weighted by molar-refractivity contribution is 7.46. The molecule has 6 aliphatic heterocycles. The first-order valence-corrected chi connectivity index (χ1v) is 29.3. The highest BCUT2D eigenvalue weighted by Crippen LogP contribution is 2.40. The molecule has 6 heterocycles. The zero-order valence-electron chi connectivity index (χ0n) is 45.3. The van der Waals surface area contributed by atoms with Crippen molar-refractivity contribution in [3.63, 3.8) is 0 Å². The summed E-state index contributed by atoms with van der Waals surface area (Å²) < 4.78 is 99.0. The number of Topliss-reactive ketones (excluding diaryl/α,β-unsaturated/α-hetero) is 1. The minimum absolute atomic E-state index is 0.563. The lowest BCUT2D eigenvalue weighted by Crippen LogP contribution is -2.67. The van der Waals surface area contributed by atoms with Gasteiger partial charge in [0.1, 0.15) is 153 Å². The molecule has 42 nitrogen and oxygen atoms in total.